The minimum Gasteiger partial charge on any atom is -0.323 e. The molecule has 0 aliphatic heterocycles. The molecular weight excluding hydrogens is 183 g/mol. The number of rotatable bonds is 2. The second-order valence-corrected chi connectivity index (χ2v) is 3.24. The number of pyridine rings is 1. The number of carbonyl (C=O) groups is 1. The molecule has 0 aromatic carbocycles. The molecule has 0 spiro atoms. The van der Waals surface area contributed by atoms with Crippen LogP contribution in [0.15, 0.2) is 12.1 Å². The third-order valence-electron chi connectivity index (χ3n) is 1.71. The van der Waals surface area contributed by atoms with Gasteiger partial charge in [0, 0.05) is 17.1 Å². The highest BCUT2D eigenvalue weighted by molar-refractivity contribution is 5.93. The monoisotopic (exact) mass is 196 g/mol. The largest absolute Gasteiger partial charge is 0.323 e. The zero-order chi connectivity index (χ0) is 10.7. The van der Waals surface area contributed by atoms with Crippen LogP contribution < -0.4 is 5.32 Å². The minimum atomic E-state index is -1.50. The number of aromatic nitrogens is 1. The highest BCUT2D eigenvalue weighted by Gasteiger charge is 2.10. The molecule has 1 rings (SSSR count). The van der Waals surface area contributed by atoms with Crippen LogP contribution in [0.3, 0.4) is 0 Å². The molecule has 1 aromatic heterocycles. The Hall–Kier alpha value is -1.45. The number of hydrogen-bond acceptors (Lipinski definition) is 2. The molecule has 1 heterocycles. The first-order chi connectivity index (χ1) is 6.49. The van der Waals surface area contributed by atoms with Gasteiger partial charge in [-0.25, -0.2) is 4.39 Å². The van der Waals surface area contributed by atoms with E-state index in [1.54, 1.807) is 12.1 Å². The maximum Gasteiger partial charge on any atom is 0.258 e. The van der Waals surface area contributed by atoms with Crippen molar-refractivity contribution in [3.05, 3.63) is 23.5 Å². The third-order valence-corrected chi connectivity index (χ3v) is 1.71. The summed E-state index contributed by atoms with van der Waals surface area (Å²) in [6, 6.07) is 3.40. The van der Waals surface area contributed by atoms with Gasteiger partial charge in [-0.1, -0.05) is 0 Å². The first-order valence-corrected chi connectivity index (χ1v) is 4.39. The highest BCUT2D eigenvalue weighted by atomic mass is 19.1. The second kappa shape index (κ2) is 4.17. The molecule has 4 heteroatoms. The highest BCUT2D eigenvalue weighted by Crippen LogP contribution is 2.11. The summed E-state index contributed by atoms with van der Waals surface area (Å²) >= 11 is 0. The van der Waals surface area contributed by atoms with Crippen molar-refractivity contribution in [1.29, 1.82) is 0 Å². The van der Waals surface area contributed by atoms with E-state index in [0.29, 0.717) is 5.69 Å². The molecule has 76 valence electrons. The van der Waals surface area contributed by atoms with Crippen LogP contribution in [0.1, 0.15) is 18.3 Å². The van der Waals surface area contributed by atoms with E-state index in [1.165, 1.54) is 6.92 Å². The molecule has 1 amide bonds. The van der Waals surface area contributed by atoms with E-state index >= 15 is 0 Å². The Morgan fingerprint density at radius 2 is 1.93 bits per heavy atom. The number of alkyl halides is 1. The van der Waals surface area contributed by atoms with Crippen LogP contribution in [0, 0.1) is 13.8 Å². The maximum absolute atomic E-state index is 12.6. The Bertz CT molecular complexity index is 330. The number of aryl methyl sites for hydroxylation is 2. The van der Waals surface area contributed by atoms with Gasteiger partial charge in [0.15, 0.2) is 6.17 Å². The molecule has 0 bridgehead atoms. The topological polar surface area (TPSA) is 42.0 Å². The summed E-state index contributed by atoms with van der Waals surface area (Å²) in [5.41, 5.74) is 2.18. The van der Waals surface area contributed by atoms with E-state index in [1.807, 2.05) is 13.8 Å². The van der Waals surface area contributed by atoms with Gasteiger partial charge in [-0.3, -0.25) is 9.78 Å². The van der Waals surface area contributed by atoms with Crippen molar-refractivity contribution in [2.24, 2.45) is 0 Å². The van der Waals surface area contributed by atoms with Crippen LogP contribution in [0.5, 0.6) is 0 Å². The molecule has 1 aromatic rings. The maximum atomic E-state index is 12.6. The Morgan fingerprint density at radius 1 is 1.43 bits per heavy atom. The van der Waals surface area contributed by atoms with Gasteiger partial charge >= 0.3 is 0 Å². The normalized spacial score (nSPS) is 12.3. The number of hydrogen-bond donors (Lipinski definition) is 1. The SMILES string of the molecule is Cc1cc(NC(=O)C(C)F)cc(C)n1. The lowest BCUT2D eigenvalue weighted by Gasteiger charge is -2.07. The Morgan fingerprint density at radius 3 is 2.36 bits per heavy atom. The quantitative estimate of drug-likeness (QED) is 0.786. The van der Waals surface area contributed by atoms with Crippen molar-refractivity contribution in [2.45, 2.75) is 26.9 Å². The van der Waals surface area contributed by atoms with Gasteiger partial charge in [-0.05, 0) is 32.9 Å². The van der Waals surface area contributed by atoms with Crippen molar-refractivity contribution in [2.75, 3.05) is 5.32 Å². The molecule has 1 atom stereocenters. The fourth-order valence-corrected chi connectivity index (χ4v) is 1.15. The molecular formula is C10H13FN2O. The molecule has 3 nitrogen and oxygen atoms in total. The smallest absolute Gasteiger partial charge is 0.258 e. The van der Waals surface area contributed by atoms with E-state index < -0.39 is 12.1 Å². The number of carbonyl (C=O) groups excluding carboxylic acids is 1. The number of nitrogens with one attached hydrogen (secondary N) is 1. The van der Waals surface area contributed by atoms with Crippen LogP contribution in [0.2, 0.25) is 0 Å². The average Bonchev–Trinajstić information content (AvgIpc) is 2.01. The van der Waals surface area contributed by atoms with Gasteiger partial charge in [0.05, 0.1) is 0 Å². The Kier molecular flexibility index (Phi) is 3.17. The predicted octanol–water partition coefficient (Wildman–Crippen LogP) is 1.99. The van der Waals surface area contributed by atoms with Crippen LogP contribution in [-0.4, -0.2) is 17.1 Å². The van der Waals surface area contributed by atoms with Crippen molar-refractivity contribution in [1.82, 2.24) is 4.98 Å². The molecule has 0 fully saturated rings. The molecule has 1 N–H and O–H groups in total. The van der Waals surface area contributed by atoms with Crippen LogP contribution in [0.25, 0.3) is 0 Å². The summed E-state index contributed by atoms with van der Waals surface area (Å²) < 4.78 is 12.6. The summed E-state index contributed by atoms with van der Waals surface area (Å²) in [7, 11) is 0. The average molecular weight is 196 g/mol. The van der Waals surface area contributed by atoms with Gasteiger partial charge in [0.2, 0.25) is 0 Å². The standard InChI is InChI=1S/C10H13FN2O/c1-6-4-9(5-7(2)12-6)13-10(14)8(3)11/h4-5,8H,1-3H3,(H,12,13,14). The van der Waals surface area contributed by atoms with Crippen LogP contribution in [0.4, 0.5) is 10.1 Å². The lowest BCUT2D eigenvalue weighted by Crippen LogP contribution is -2.21. The van der Waals surface area contributed by atoms with E-state index in [2.05, 4.69) is 10.3 Å². The van der Waals surface area contributed by atoms with E-state index in [4.69, 9.17) is 0 Å². The molecule has 14 heavy (non-hydrogen) atoms. The number of anilines is 1. The fraction of sp³-hybridized carbons (Fsp3) is 0.400. The van der Waals surface area contributed by atoms with Crippen molar-refractivity contribution >= 4 is 11.6 Å². The molecule has 0 saturated carbocycles. The summed E-state index contributed by atoms with van der Waals surface area (Å²) in [5, 5.41) is 2.47. The van der Waals surface area contributed by atoms with E-state index in [0.717, 1.165) is 11.4 Å². The Balaban J connectivity index is 2.82. The van der Waals surface area contributed by atoms with E-state index in [9.17, 15) is 9.18 Å². The summed E-state index contributed by atoms with van der Waals surface area (Å²) in [6.07, 6.45) is -1.50. The van der Waals surface area contributed by atoms with Gasteiger partial charge in [-0.2, -0.15) is 0 Å². The van der Waals surface area contributed by atoms with Gasteiger partial charge in [0.25, 0.3) is 5.91 Å². The first kappa shape index (κ1) is 10.6. The van der Waals surface area contributed by atoms with Gasteiger partial charge in [-0.15, -0.1) is 0 Å². The van der Waals surface area contributed by atoms with Crippen molar-refractivity contribution in [3.63, 3.8) is 0 Å². The molecule has 0 aliphatic rings. The Labute approximate surface area is 82.4 Å². The zero-order valence-corrected chi connectivity index (χ0v) is 8.47. The molecule has 0 aliphatic carbocycles. The van der Waals surface area contributed by atoms with Crippen LogP contribution >= 0.6 is 0 Å². The van der Waals surface area contributed by atoms with Crippen molar-refractivity contribution < 1.29 is 9.18 Å². The van der Waals surface area contributed by atoms with Crippen LogP contribution in [-0.2, 0) is 4.79 Å². The summed E-state index contributed by atoms with van der Waals surface area (Å²) in [5.74, 6) is -0.630. The van der Waals surface area contributed by atoms with E-state index in [-0.39, 0.29) is 0 Å². The van der Waals surface area contributed by atoms with Crippen molar-refractivity contribution in [3.8, 4) is 0 Å². The molecule has 1 unspecified atom stereocenters. The number of nitrogens with zero attached hydrogens (tertiary/aromatic N) is 1. The lowest BCUT2D eigenvalue weighted by atomic mass is 10.2. The second-order valence-electron chi connectivity index (χ2n) is 3.24. The zero-order valence-electron chi connectivity index (χ0n) is 8.47. The van der Waals surface area contributed by atoms with Gasteiger partial charge < -0.3 is 5.32 Å². The minimum absolute atomic E-state index is 0.588. The summed E-state index contributed by atoms with van der Waals surface area (Å²) in [4.78, 5) is 15.2. The number of amides is 1. The fourth-order valence-electron chi connectivity index (χ4n) is 1.15. The molecule has 0 saturated heterocycles. The van der Waals surface area contributed by atoms with Gasteiger partial charge in [0.1, 0.15) is 0 Å². The number of halogens is 1. The lowest BCUT2D eigenvalue weighted by molar-refractivity contribution is -0.120. The molecule has 0 radical (unpaired) electrons. The predicted molar refractivity (Wildman–Crippen MR) is 52.9 cm³/mol. The first-order valence-electron chi connectivity index (χ1n) is 4.39. The summed E-state index contributed by atoms with van der Waals surface area (Å²) in [6.45, 7) is 4.85. The third kappa shape index (κ3) is 2.80.